The van der Waals surface area contributed by atoms with E-state index in [1.165, 1.54) is 7.11 Å². The third-order valence-corrected chi connectivity index (χ3v) is 3.60. The van der Waals surface area contributed by atoms with Crippen LogP contribution in [-0.2, 0) is 9.53 Å². The predicted molar refractivity (Wildman–Crippen MR) is 60.2 cm³/mol. The molecule has 0 aliphatic rings. The molecule has 0 radical (unpaired) electrons. The van der Waals surface area contributed by atoms with E-state index in [-0.39, 0.29) is 12.0 Å². The first-order valence-corrected chi connectivity index (χ1v) is 5.82. The second-order valence-electron chi connectivity index (χ2n) is 2.86. The molecule has 3 nitrogen and oxygen atoms in total. The molecule has 0 aliphatic carbocycles. The van der Waals surface area contributed by atoms with Crippen LogP contribution in [0.15, 0.2) is 15.9 Å². The Balaban J connectivity index is 2.42. The van der Waals surface area contributed by atoms with Crippen LogP contribution in [0.1, 0.15) is 23.8 Å². The number of esters is 1. The maximum absolute atomic E-state index is 10.9. The second kappa shape index (κ2) is 5.48. The van der Waals surface area contributed by atoms with Gasteiger partial charge in [-0.1, -0.05) is 0 Å². The van der Waals surface area contributed by atoms with Crippen molar-refractivity contribution >= 4 is 33.2 Å². The summed E-state index contributed by atoms with van der Waals surface area (Å²) >= 11 is 4.96. The summed E-state index contributed by atoms with van der Waals surface area (Å²) in [4.78, 5) is 12.0. The fraction of sp³-hybridized carbons (Fsp3) is 0.444. The molecule has 1 rings (SSSR count). The first kappa shape index (κ1) is 11.7. The maximum Gasteiger partial charge on any atom is 0.305 e. The number of ether oxygens (including phenoxy) is 1. The van der Waals surface area contributed by atoms with Crippen molar-refractivity contribution in [2.45, 2.75) is 18.9 Å². The van der Waals surface area contributed by atoms with Gasteiger partial charge in [0.1, 0.15) is 0 Å². The summed E-state index contributed by atoms with van der Waals surface area (Å²) in [5.74, 6) is -0.212. The van der Waals surface area contributed by atoms with E-state index in [2.05, 4.69) is 20.7 Å². The Morgan fingerprint density at radius 3 is 2.93 bits per heavy atom. The summed E-state index contributed by atoms with van der Waals surface area (Å²) in [6.07, 6.45) is 0.993. The molecule has 0 aliphatic heterocycles. The first-order chi connectivity index (χ1) is 6.63. The van der Waals surface area contributed by atoms with Crippen molar-refractivity contribution in [3.05, 3.63) is 20.8 Å². The van der Waals surface area contributed by atoms with Gasteiger partial charge in [-0.15, -0.1) is 11.3 Å². The van der Waals surface area contributed by atoms with Gasteiger partial charge in [0, 0.05) is 17.3 Å². The van der Waals surface area contributed by atoms with Gasteiger partial charge in [-0.05, 0) is 34.5 Å². The van der Waals surface area contributed by atoms with Crippen molar-refractivity contribution < 1.29 is 9.53 Å². The minimum Gasteiger partial charge on any atom is -0.469 e. The summed E-state index contributed by atoms with van der Waals surface area (Å²) in [5, 5.41) is 0. The molecule has 1 heterocycles. The summed E-state index contributed by atoms with van der Waals surface area (Å²) in [6, 6.07) is 3.85. The van der Waals surface area contributed by atoms with Crippen LogP contribution in [0.4, 0.5) is 0 Å². The van der Waals surface area contributed by atoms with Gasteiger partial charge in [0.15, 0.2) is 0 Å². The highest BCUT2D eigenvalue weighted by Crippen LogP contribution is 2.28. The number of hydrogen-bond donors (Lipinski definition) is 1. The molecule has 0 spiro atoms. The lowest BCUT2D eigenvalue weighted by Crippen LogP contribution is -2.11. The van der Waals surface area contributed by atoms with E-state index in [4.69, 9.17) is 5.73 Å². The van der Waals surface area contributed by atoms with Crippen LogP contribution in [0.3, 0.4) is 0 Å². The standard InChI is InChI=1S/C9H12BrNO2S/c1-13-9(12)5-2-6(11)7-3-4-8(10)14-7/h3-4,6H,2,5,11H2,1H3. The zero-order chi connectivity index (χ0) is 10.6. The molecule has 5 heteroatoms. The molecule has 1 aromatic heterocycles. The molecule has 0 saturated carbocycles. The van der Waals surface area contributed by atoms with Crippen LogP contribution in [0.5, 0.6) is 0 Å². The molecule has 14 heavy (non-hydrogen) atoms. The number of rotatable bonds is 4. The Morgan fingerprint density at radius 1 is 1.71 bits per heavy atom. The molecule has 1 atom stereocenters. The molecule has 0 aromatic carbocycles. The number of carbonyl (C=O) groups excluding carboxylic acids is 1. The molecule has 0 saturated heterocycles. The van der Waals surface area contributed by atoms with E-state index in [9.17, 15) is 4.79 Å². The quantitative estimate of drug-likeness (QED) is 0.861. The second-order valence-corrected chi connectivity index (χ2v) is 5.36. The van der Waals surface area contributed by atoms with Gasteiger partial charge in [0.2, 0.25) is 0 Å². The van der Waals surface area contributed by atoms with Crippen molar-refractivity contribution in [2.75, 3.05) is 7.11 Å². The maximum atomic E-state index is 10.9. The zero-order valence-electron chi connectivity index (χ0n) is 7.83. The fourth-order valence-corrected chi connectivity index (χ4v) is 2.50. The summed E-state index contributed by atoms with van der Waals surface area (Å²) < 4.78 is 5.60. The molecule has 1 unspecified atom stereocenters. The van der Waals surface area contributed by atoms with Gasteiger partial charge in [-0.25, -0.2) is 0 Å². The number of carbonyl (C=O) groups is 1. The van der Waals surface area contributed by atoms with E-state index in [0.717, 1.165) is 8.66 Å². The van der Waals surface area contributed by atoms with Crippen LogP contribution in [0.25, 0.3) is 0 Å². The Bertz CT molecular complexity index is 314. The average molecular weight is 278 g/mol. The third-order valence-electron chi connectivity index (χ3n) is 1.85. The Kier molecular flexibility index (Phi) is 4.57. The highest BCUT2D eigenvalue weighted by atomic mass is 79.9. The van der Waals surface area contributed by atoms with Gasteiger partial charge < -0.3 is 10.5 Å². The number of thiophene rings is 1. The van der Waals surface area contributed by atoms with E-state index in [0.29, 0.717) is 12.8 Å². The SMILES string of the molecule is COC(=O)CCC(N)c1ccc(Br)s1. The monoisotopic (exact) mass is 277 g/mol. The lowest BCUT2D eigenvalue weighted by molar-refractivity contribution is -0.140. The van der Waals surface area contributed by atoms with Crippen molar-refractivity contribution in [1.29, 1.82) is 0 Å². The molecule has 78 valence electrons. The Labute approximate surface area is 95.4 Å². The van der Waals surface area contributed by atoms with Crippen LogP contribution < -0.4 is 5.73 Å². The van der Waals surface area contributed by atoms with Crippen LogP contribution in [0, 0.1) is 0 Å². The molecular formula is C9H12BrNO2S. The van der Waals surface area contributed by atoms with Crippen LogP contribution >= 0.6 is 27.3 Å². The van der Waals surface area contributed by atoms with Gasteiger partial charge in [0.05, 0.1) is 10.9 Å². The molecule has 1 aromatic rings. The third kappa shape index (κ3) is 3.40. The Hall–Kier alpha value is -0.390. The normalized spacial score (nSPS) is 12.5. The highest BCUT2D eigenvalue weighted by Gasteiger charge is 2.10. The highest BCUT2D eigenvalue weighted by molar-refractivity contribution is 9.11. The summed E-state index contributed by atoms with van der Waals surface area (Å²) in [5.41, 5.74) is 5.89. The topological polar surface area (TPSA) is 52.3 Å². The Morgan fingerprint density at radius 2 is 2.43 bits per heavy atom. The molecule has 0 bridgehead atoms. The summed E-state index contributed by atoms with van der Waals surface area (Å²) in [6.45, 7) is 0. The lowest BCUT2D eigenvalue weighted by atomic mass is 10.1. The number of halogens is 1. The average Bonchev–Trinajstić information content (AvgIpc) is 2.60. The van der Waals surface area contributed by atoms with E-state index < -0.39 is 0 Å². The van der Waals surface area contributed by atoms with E-state index in [1.807, 2.05) is 12.1 Å². The van der Waals surface area contributed by atoms with E-state index >= 15 is 0 Å². The molecule has 2 N–H and O–H groups in total. The van der Waals surface area contributed by atoms with Gasteiger partial charge >= 0.3 is 5.97 Å². The van der Waals surface area contributed by atoms with Gasteiger partial charge in [0.25, 0.3) is 0 Å². The fourth-order valence-electron chi connectivity index (χ4n) is 1.05. The van der Waals surface area contributed by atoms with Crippen molar-refractivity contribution in [3.8, 4) is 0 Å². The van der Waals surface area contributed by atoms with Crippen molar-refractivity contribution in [1.82, 2.24) is 0 Å². The largest absolute Gasteiger partial charge is 0.469 e. The van der Waals surface area contributed by atoms with Crippen LogP contribution in [0.2, 0.25) is 0 Å². The van der Waals surface area contributed by atoms with Gasteiger partial charge in [-0.2, -0.15) is 0 Å². The summed E-state index contributed by atoms with van der Waals surface area (Å²) in [7, 11) is 1.38. The first-order valence-electron chi connectivity index (χ1n) is 4.21. The van der Waals surface area contributed by atoms with Gasteiger partial charge in [-0.3, -0.25) is 4.79 Å². The number of methoxy groups -OCH3 is 1. The van der Waals surface area contributed by atoms with E-state index in [1.54, 1.807) is 11.3 Å². The molecule has 0 fully saturated rings. The number of hydrogen-bond acceptors (Lipinski definition) is 4. The minimum atomic E-state index is -0.212. The minimum absolute atomic E-state index is 0.0783. The van der Waals surface area contributed by atoms with Crippen LogP contribution in [-0.4, -0.2) is 13.1 Å². The van der Waals surface area contributed by atoms with Crippen molar-refractivity contribution in [3.63, 3.8) is 0 Å². The van der Waals surface area contributed by atoms with Crippen molar-refractivity contribution in [2.24, 2.45) is 5.73 Å². The molecule has 0 amide bonds. The molecular weight excluding hydrogens is 266 g/mol. The lowest BCUT2D eigenvalue weighted by Gasteiger charge is -2.07. The number of nitrogens with two attached hydrogens (primary N) is 1. The smallest absolute Gasteiger partial charge is 0.305 e. The zero-order valence-corrected chi connectivity index (χ0v) is 10.2. The predicted octanol–water partition coefficient (Wildman–Crippen LogP) is 2.46.